The van der Waals surface area contributed by atoms with Crippen molar-refractivity contribution in [2.75, 3.05) is 14.2 Å². The van der Waals surface area contributed by atoms with Gasteiger partial charge in [-0.15, -0.1) is 0 Å². The summed E-state index contributed by atoms with van der Waals surface area (Å²) in [6.07, 6.45) is 1.68. The van der Waals surface area contributed by atoms with Crippen LogP contribution in [0.25, 0.3) is 22.0 Å². The Morgan fingerprint density at radius 2 is 1.59 bits per heavy atom. The Balaban J connectivity index is 2.22. The first-order valence-corrected chi connectivity index (χ1v) is 6.67. The molecule has 0 aliphatic carbocycles. The van der Waals surface area contributed by atoms with Gasteiger partial charge in [-0.25, -0.2) is 0 Å². The summed E-state index contributed by atoms with van der Waals surface area (Å²) in [5, 5.41) is 21.6. The molecule has 0 saturated carbocycles. The fraction of sp³-hybridized carbons (Fsp3) is 0.118. The summed E-state index contributed by atoms with van der Waals surface area (Å²) in [5.41, 5.74) is 1.39. The lowest BCUT2D eigenvalue weighted by Gasteiger charge is -2.10. The van der Waals surface area contributed by atoms with Crippen LogP contribution in [0.1, 0.15) is 0 Å². The monoisotopic (exact) mass is 297 g/mol. The lowest BCUT2D eigenvalue weighted by molar-refractivity contribution is 0.373. The molecule has 5 heteroatoms. The second kappa shape index (κ2) is 5.44. The summed E-state index contributed by atoms with van der Waals surface area (Å²) in [4.78, 5) is 4.37. The van der Waals surface area contributed by atoms with Gasteiger partial charge in [0.25, 0.3) is 0 Å². The van der Waals surface area contributed by atoms with E-state index in [0.717, 1.165) is 16.3 Å². The number of phenols is 2. The van der Waals surface area contributed by atoms with Crippen LogP contribution < -0.4 is 9.47 Å². The number of aromatic hydroxyl groups is 2. The molecular formula is C17H15NO4. The summed E-state index contributed by atoms with van der Waals surface area (Å²) in [7, 11) is 3.00. The molecular weight excluding hydrogens is 282 g/mol. The van der Waals surface area contributed by atoms with Crippen molar-refractivity contribution >= 4 is 10.8 Å². The van der Waals surface area contributed by atoms with Gasteiger partial charge in [-0.1, -0.05) is 0 Å². The van der Waals surface area contributed by atoms with Crippen molar-refractivity contribution in [2.45, 2.75) is 0 Å². The Morgan fingerprint density at radius 1 is 0.864 bits per heavy atom. The smallest absolute Gasteiger partial charge is 0.161 e. The fourth-order valence-electron chi connectivity index (χ4n) is 2.42. The molecule has 0 atom stereocenters. The van der Waals surface area contributed by atoms with E-state index in [1.54, 1.807) is 30.5 Å². The van der Waals surface area contributed by atoms with E-state index in [1.807, 2.05) is 12.1 Å². The summed E-state index contributed by atoms with van der Waals surface area (Å²) < 4.78 is 10.2. The van der Waals surface area contributed by atoms with Gasteiger partial charge >= 0.3 is 0 Å². The average molecular weight is 297 g/mol. The predicted octanol–water partition coefficient (Wildman–Crippen LogP) is 3.33. The van der Waals surface area contributed by atoms with Crippen molar-refractivity contribution in [3.05, 3.63) is 42.6 Å². The fourth-order valence-corrected chi connectivity index (χ4v) is 2.42. The van der Waals surface area contributed by atoms with Crippen LogP contribution in [0, 0.1) is 0 Å². The normalized spacial score (nSPS) is 10.6. The highest BCUT2D eigenvalue weighted by Crippen LogP contribution is 2.37. The Bertz CT molecular complexity index is 845. The van der Waals surface area contributed by atoms with Crippen LogP contribution in [0.2, 0.25) is 0 Å². The van der Waals surface area contributed by atoms with Gasteiger partial charge in [0.2, 0.25) is 0 Å². The lowest BCUT2D eigenvalue weighted by atomic mass is 10.0. The molecule has 0 fully saturated rings. The van der Waals surface area contributed by atoms with E-state index in [0.29, 0.717) is 17.2 Å². The number of benzene rings is 2. The Morgan fingerprint density at radius 3 is 2.27 bits per heavy atom. The molecule has 0 bridgehead atoms. The maximum atomic E-state index is 9.99. The number of hydrogen-bond acceptors (Lipinski definition) is 5. The molecule has 1 aromatic heterocycles. The topological polar surface area (TPSA) is 71.8 Å². The van der Waals surface area contributed by atoms with E-state index in [1.165, 1.54) is 14.2 Å². The number of nitrogens with zero attached hydrogens (tertiary/aromatic N) is 1. The standard InChI is InChI=1S/C17H15NO4/c1-21-15-4-3-11(7-13(15)19)17-12-9-14(20)16(22-2)8-10(12)5-6-18-17/h3-9,19-20H,1-2H3. The van der Waals surface area contributed by atoms with E-state index in [-0.39, 0.29) is 11.5 Å². The third-order valence-corrected chi connectivity index (χ3v) is 3.52. The van der Waals surface area contributed by atoms with Crippen molar-refractivity contribution in [1.82, 2.24) is 4.98 Å². The van der Waals surface area contributed by atoms with Crippen molar-refractivity contribution in [3.63, 3.8) is 0 Å². The molecule has 3 rings (SSSR count). The molecule has 0 spiro atoms. The van der Waals surface area contributed by atoms with Crippen molar-refractivity contribution in [2.24, 2.45) is 0 Å². The maximum Gasteiger partial charge on any atom is 0.161 e. The number of ether oxygens (including phenoxy) is 2. The summed E-state index contributed by atoms with van der Waals surface area (Å²) in [6, 6.07) is 10.3. The lowest BCUT2D eigenvalue weighted by Crippen LogP contribution is -1.90. The minimum absolute atomic E-state index is 0.0385. The molecule has 0 aliphatic heterocycles. The van der Waals surface area contributed by atoms with E-state index in [2.05, 4.69) is 4.98 Å². The van der Waals surface area contributed by atoms with E-state index in [4.69, 9.17) is 9.47 Å². The second-order valence-electron chi connectivity index (χ2n) is 4.79. The Kier molecular flexibility index (Phi) is 3.47. The van der Waals surface area contributed by atoms with E-state index >= 15 is 0 Å². The minimum Gasteiger partial charge on any atom is -0.504 e. The highest BCUT2D eigenvalue weighted by molar-refractivity contribution is 5.96. The van der Waals surface area contributed by atoms with Gasteiger partial charge in [0.15, 0.2) is 23.0 Å². The number of aromatic nitrogens is 1. The maximum absolute atomic E-state index is 9.99. The average Bonchev–Trinajstić information content (AvgIpc) is 2.53. The number of rotatable bonds is 3. The summed E-state index contributed by atoms with van der Waals surface area (Å²) in [6.45, 7) is 0. The Hall–Kier alpha value is -2.95. The first kappa shape index (κ1) is 14.0. The van der Waals surface area contributed by atoms with Crippen molar-refractivity contribution < 1.29 is 19.7 Å². The zero-order chi connectivity index (χ0) is 15.7. The van der Waals surface area contributed by atoms with Crippen LogP contribution in [0.15, 0.2) is 42.6 Å². The number of pyridine rings is 1. The predicted molar refractivity (Wildman–Crippen MR) is 83.6 cm³/mol. The van der Waals surface area contributed by atoms with Gasteiger partial charge in [0.05, 0.1) is 19.9 Å². The first-order chi connectivity index (χ1) is 10.6. The minimum atomic E-state index is 0.0385. The zero-order valence-electron chi connectivity index (χ0n) is 12.2. The third kappa shape index (κ3) is 2.26. The SMILES string of the molecule is COc1ccc(-c2nccc3cc(OC)c(O)cc23)cc1O. The van der Waals surface area contributed by atoms with Gasteiger partial charge in [-0.3, -0.25) is 4.98 Å². The molecule has 2 aromatic carbocycles. The summed E-state index contributed by atoms with van der Waals surface area (Å²) in [5.74, 6) is 0.884. The van der Waals surface area contributed by atoms with Gasteiger partial charge in [0.1, 0.15) is 0 Å². The summed E-state index contributed by atoms with van der Waals surface area (Å²) >= 11 is 0. The molecule has 5 nitrogen and oxygen atoms in total. The van der Waals surface area contributed by atoms with Crippen LogP contribution in [0.3, 0.4) is 0 Å². The van der Waals surface area contributed by atoms with Crippen LogP contribution in [0.4, 0.5) is 0 Å². The molecule has 2 N–H and O–H groups in total. The number of methoxy groups -OCH3 is 2. The quantitative estimate of drug-likeness (QED) is 0.776. The molecule has 3 aromatic rings. The van der Waals surface area contributed by atoms with Crippen LogP contribution in [-0.4, -0.2) is 29.4 Å². The van der Waals surface area contributed by atoms with Gasteiger partial charge in [-0.2, -0.15) is 0 Å². The number of hydrogen-bond donors (Lipinski definition) is 2. The molecule has 112 valence electrons. The van der Waals surface area contributed by atoms with Crippen LogP contribution in [0.5, 0.6) is 23.0 Å². The zero-order valence-corrected chi connectivity index (χ0v) is 12.2. The van der Waals surface area contributed by atoms with Crippen molar-refractivity contribution in [3.8, 4) is 34.3 Å². The van der Waals surface area contributed by atoms with E-state index < -0.39 is 0 Å². The third-order valence-electron chi connectivity index (χ3n) is 3.52. The molecule has 0 amide bonds. The van der Waals surface area contributed by atoms with Gasteiger partial charge in [0, 0.05) is 17.1 Å². The second-order valence-corrected chi connectivity index (χ2v) is 4.79. The molecule has 0 aliphatic rings. The van der Waals surface area contributed by atoms with Crippen LogP contribution in [-0.2, 0) is 0 Å². The first-order valence-electron chi connectivity index (χ1n) is 6.67. The van der Waals surface area contributed by atoms with Gasteiger partial charge in [-0.05, 0) is 41.8 Å². The molecule has 0 saturated heterocycles. The highest BCUT2D eigenvalue weighted by atomic mass is 16.5. The Labute approximate surface area is 127 Å². The molecule has 0 unspecified atom stereocenters. The highest BCUT2D eigenvalue weighted by Gasteiger charge is 2.12. The largest absolute Gasteiger partial charge is 0.504 e. The molecule has 22 heavy (non-hydrogen) atoms. The van der Waals surface area contributed by atoms with Gasteiger partial charge < -0.3 is 19.7 Å². The molecule has 0 radical (unpaired) electrons. The molecule has 1 heterocycles. The van der Waals surface area contributed by atoms with E-state index in [9.17, 15) is 10.2 Å². The number of fused-ring (bicyclic) bond motifs is 1. The number of phenolic OH excluding ortho intramolecular Hbond substituents is 2. The van der Waals surface area contributed by atoms with Crippen LogP contribution >= 0.6 is 0 Å². The van der Waals surface area contributed by atoms with Crippen molar-refractivity contribution in [1.29, 1.82) is 0 Å².